The minimum absolute atomic E-state index is 0.506. The fourth-order valence-electron chi connectivity index (χ4n) is 2.21. The molecule has 0 aromatic heterocycles. The summed E-state index contributed by atoms with van der Waals surface area (Å²) >= 11 is 0. The number of Topliss-reactive ketones (excluding diaryl/α,β-unsaturated/α-hetero) is 1. The molecule has 1 aliphatic carbocycles. The van der Waals surface area contributed by atoms with Crippen molar-refractivity contribution in [2.45, 2.75) is 0 Å². The summed E-state index contributed by atoms with van der Waals surface area (Å²) in [4.78, 5) is 50.7. The minimum atomic E-state index is -1.60. The van der Waals surface area contributed by atoms with Gasteiger partial charge in [0.25, 0.3) is 0 Å². The van der Waals surface area contributed by atoms with Gasteiger partial charge in [-0.25, -0.2) is 0 Å². The number of allylic oxidation sites excluding steroid dienone is 2. The average Bonchev–Trinajstić information content (AvgIpc) is 2.70. The Hall–Kier alpha value is -4.03. The van der Waals surface area contributed by atoms with Gasteiger partial charge in [-0.1, -0.05) is 6.58 Å². The monoisotopic (exact) mass is 336 g/mol. The predicted molar refractivity (Wildman–Crippen MR) is 74.1 cm³/mol. The highest BCUT2D eigenvalue weighted by molar-refractivity contribution is 6.26. The second kappa shape index (κ2) is 5.31. The fraction of sp³-hybridized carbons (Fsp3) is 0. The van der Waals surface area contributed by atoms with E-state index in [1.165, 1.54) is 0 Å². The van der Waals surface area contributed by atoms with E-state index in [1.54, 1.807) is 0 Å². The van der Waals surface area contributed by atoms with Crippen LogP contribution in [0.2, 0.25) is 0 Å². The van der Waals surface area contributed by atoms with Gasteiger partial charge in [0.05, 0.1) is 9.85 Å². The second-order valence-electron chi connectivity index (χ2n) is 4.42. The van der Waals surface area contributed by atoms with E-state index in [1.807, 2.05) is 0 Å². The molecular formula is C11H4N4O9. The maximum absolute atomic E-state index is 12.0. The van der Waals surface area contributed by atoms with Gasteiger partial charge >= 0.3 is 17.2 Å². The van der Waals surface area contributed by atoms with Crippen molar-refractivity contribution >= 4 is 22.7 Å². The van der Waals surface area contributed by atoms with Crippen molar-refractivity contribution in [1.29, 1.82) is 0 Å². The summed E-state index contributed by atoms with van der Waals surface area (Å²) in [6, 6.07) is 1.07. The Morgan fingerprint density at radius 1 is 0.833 bits per heavy atom. The van der Waals surface area contributed by atoms with E-state index < -0.39 is 64.9 Å². The molecule has 0 aliphatic heterocycles. The third kappa shape index (κ3) is 2.25. The highest BCUT2D eigenvalue weighted by atomic mass is 16.7. The molecule has 1 aromatic rings. The summed E-state index contributed by atoms with van der Waals surface area (Å²) in [5.41, 5.74) is -4.58. The first-order valence-electron chi connectivity index (χ1n) is 5.82. The van der Waals surface area contributed by atoms with Gasteiger partial charge in [-0.05, 0) is 0 Å². The lowest BCUT2D eigenvalue weighted by atomic mass is 10.0. The number of carbonyl (C=O) groups is 1. The van der Waals surface area contributed by atoms with Crippen LogP contribution >= 0.6 is 0 Å². The molecule has 122 valence electrons. The number of fused-ring (bicyclic) bond motifs is 1. The largest absolute Gasteiger partial charge is 0.567 e. The molecule has 13 heteroatoms. The van der Waals surface area contributed by atoms with E-state index in [0.717, 1.165) is 0 Å². The van der Waals surface area contributed by atoms with Gasteiger partial charge in [0.15, 0.2) is 5.78 Å². The van der Waals surface area contributed by atoms with Crippen molar-refractivity contribution in [2.75, 3.05) is 0 Å². The molecule has 0 saturated carbocycles. The van der Waals surface area contributed by atoms with Crippen molar-refractivity contribution in [3.63, 3.8) is 0 Å². The number of rotatable bonds is 4. The van der Waals surface area contributed by atoms with Crippen molar-refractivity contribution in [1.82, 2.24) is 0 Å². The molecule has 0 spiro atoms. The first kappa shape index (κ1) is 16.3. The zero-order valence-electron chi connectivity index (χ0n) is 11.3. The second-order valence-corrected chi connectivity index (χ2v) is 4.42. The molecule has 24 heavy (non-hydrogen) atoms. The number of carbonyl (C=O) groups excluding carboxylic acids is 1. The minimum Gasteiger partial charge on any atom is -0.289 e. The van der Waals surface area contributed by atoms with Gasteiger partial charge in [0, 0.05) is 28.8 Å². The van der Waals surface area contributed by atoms with E-state index in [9.17, 15) is 45.3 Å². The Balaban J connectivity index is 2.97. The van der Waals surface area contributed by atoms with Crippen LogP contribution in [0, 0.1) is 40.5 Å². The number of nitro groups is 4. The molecule has 0 saturated heterocycles. The number of nitrogens with zero attached hydrogens (tertiary/aromatic N) is 4. The van der Waals surface area contributed by atoms with Crippen molar-refractivity contribution < 1.29 is 24.5 Å². The SMILES string of the molecule is C=C1C(=O)c2cc([N+](=O)[O-])c([N+](=O)[O-])cc2C1=C([N+](=O)[O-])[N+](=O)[O-]. The van der Waals surface area contributed by atoms with E-state index in [0.29, 0.717) is 12.1 Å². The first-order valence-corrected chi connectivity index (χ1v) is 5.82. The number of hydrogen-bond acceptors (Lipinski definition) is 9. The molecular weight excluding hydrogens is 332 g/mol. The topological polar surface area (TPSA) is 190 Å². The van der Waals surface area contributed by atoms with E-state index in [2.05, 4.69) is 6.58 Å². The molecule has 0 N–H and O–H groups in total. The van der Waals surface area contributed by atoms with Crippen LogP contribution in [0.5, 0.6) is 0 Å². The normalized spacial score (nSPS) is 12.8. The molecule has 2 rings (SSSR count). The summed E-state index contributed by atoms with van der Waals surface area (Å²) in [7, 11) is 0. The Bertz CT molecular complexity index is 898. The molecule has 0 amide bonds. The molecule has 0 heterocycles. The Kier molecular flexibility index (Phi) is 3.61. The fourth-order valence-corrected chi connectivity index (χ4v) is 2.21. The molecule has 0 bridgehead atoms. The zero-order valence-corrected chi connectivity index (χ0v) is 11.3. The van der Waals surface area contributed by atoms with Crippen LogP contribution in [0.15, 0.2) is 30.1 Å². The van der Waals surface area contributed by atoms with Gasteiger partial charge in [-0.2, -0.15) is 0 Å². The van der Waals surface area contributed by atoms with Crippen LogP contribution in [-0.4, -0.2) is 25.5 Å². The Morgan fingerprint density at radius 2 is 1.25 bits per heavy atom. The van der Waals surface area contributed by atoms with Crippen LogP contribution < -0.4 is 0 Å². The molecule has 0 unspecified atom stereocenters. The van der Waals surface area contributed by atoms with Gasteiger partial charge in [-0.15, -0.1) is 0 Å². The maximum Gasteiger partial charge on any atom is 0.567 e. The van der Waals surface area contributed by atoms with Gasteiger partial charge in [0.1, 0.15) is 15.4 Å². The zero-order chi connectivity index (χ0) is 18.3. The maximum atomic E-state index is 12.0. The van der Waals surface area contributed by atoms with Crippen LogP contribution in [0.3, 0.4) is 0 Å². The van der Waals surface area contributed by atoms with Gasteiger partial charge in [0.2, 0.25) is 0 Å². The summed E-state index contributed by atoms with van der Waals surface area (Å²) < 4.78 is 0. The number of benzene rings is 1. The molecule has 0 radical (unpaired) electrons. The van der Waals surface area contributed by atoms with E-state index in [-0.39, 0.29) is 0 Å². The van der Waals surface area contributed by atoms with Crippen LogP contribution in [-0.2, 0) is 0 Å². The Labute approximate surface area is 130 Å². The smallest absolute Gasteiger partial charge is 0.289 e. The highest BCUT2D eigenvalue weighted by Gasteiger charge is 2.45. The number of ketones is 1. The van der Waals surface area contributed by atoms with Crippen LogP contribution in [0.25, 0.3) is 5.57 Å². The quantitative estimate of drug-likeness (QED) is 0.445. The van der Waals surface area contributed by atoms with E-state index in [4.69, 9.17) is 0 Å². The third-order valence-electron chi connectivity index (χ3n) is 3.17. The number of hydrogen-bond donors (Lipinski definition) is 0. The summed E-state index contributed by atoms with van der Waals surface area (Å²) in [5.74, 6) is -2.63. The van der Waals surface area contributed by atoms with Gasteiger partial charge < -0.3 is 0 Å². The van der Waals surface area contributed by atoms with Crippen LogP contribution in [0.1, 0.15) is 15.9 Å². The molecule has 1 aromatic carbocycles. The summed E-state index contributed by atoms with van der Waals surface area (Å²) in [6.45, 7) is 3.21. The predicted octanol–water partition coefficient (Wildman–Crippen LogP) is 1.48. The molecule has 0 fully saturated rings. The van der Waals surface area contributed by atoms with Crippen LogP contribution in [0.4, 0.5) is 11.4 Å². The standard InChI is InChI=1S/C11H4N4O9/c1-4-9(11(14(21)22)15(23)24)5-2-7(12(17)18)8(13(19)20)3-6(5)10(4)16/h2-3H,1H2. The van der Waals surface area contributed by atoms with E-state index >= 15 is 0 Å². The van der Waals surface area contributed by atoms with Gasteiger partial charge in [-0.3, -0.25) is 45.3 Å². The summed E-state index contributed by atoms with van der Waals surface area (Å²) in [6.07, 6.45) is 0. The first-order chi connectivity index (χ1) is 11.1. The number of nitro benzene ring substituents is 2. The molecule has 0 atom stereocenters. The lowest BCUT2D eigenvalue weighted by molar-refractivity contribution is -0.614. The van der Waals surface area contributed by atoms with Crippen molar-refractivity contribution in [3.8, 4) is 0 Å². The molecule has 13 nitrogen and oxygen atoms in total. The summed E-state index contributed by atoms with van der Waals surface area (Å²) in [5, 5.41) is 43.6. The highest BCUT2D eigenvalue weighted by Crippen LogP contribution is 2.43. The lowest BCUT2D eigenvalue weighted by Gasteiger charge is -2.00. The van der Waals surface area contributed by atoms with Crippen molar-refractivity contribution in [3.05, 3.63) is 81.7 Å². The average molecular weight is 336 g/mol. The Morgan fingerprint density at radius 3 is 1.62 bits per heavy atom. The third-order valence-corrected chi connectivity index (χ3v) is 3.17. The molecule has 1 aliphatic rings. The lowest BCUT2D eigenvalue weighted by Crippen LogP contribution is -2.12. The van der Waals surface area contributed by atoms with Crippen molar-refractivity contribution in [2.24, 2.45) is 0 Å².